The molecule has 0 bridgehead atoms. The minimum Gasteiger partial charge on any atom is -0.360 e. The highest BCUT2D eigenvalue weighted by molar-refractivity contribution is 5.56. The second kappa shape index (κ2) is 6.10. The summed E-state index contributed by atoms with van der Waals surface area (Å²) in [4.78, 5) is 0. The van der Waals surface area contributed by atoms with Crippen LogP contribution in [-0.4, -0.2) is 25.0 Å². The summed E-state index contributed by atoms with van der Waals surface area (Å²) in [5.74, 6) is 2.46. The Labute approximate surface area is 129 Å². The maximum atomic E-state index is 9.47. The van der Waals surface area contributed by atoms with Crippen molar-refractivity contribution in [1.29, 1.82) is 5.26 Å². The minimum absolute atomic E-state index is 0.505. The number of rotatable bonds is 5. The Morgan fingerprint density at radius 2 is 2.05 bits per heavy atom. The first-order valence-corrected chi connectivity index (χ1v) is 7.71. The van der Waals surface area contributed by atoms with Gasteiger partial charge in [-0.05, 0) is 24.8 Å². The third-order valence-corrected chi connectivity index (χ3v) is 4.06. The number of nitrogens with one attached hydrogen (secondary N) is 1. The van der Waals surface area contributed by atoms with E-state index in [1.54, 1.807) is 0 Å². The van der Waals surface area contributed by atoms with E-state index in [0.29, 0.717) is 17.9 Å². The van der Waals surface area contributed by atoms with Crippen molar-refractivity contribution in [3.63, 3.8) is 0 Å². The van der Waals surface area contributed by atoms with Crippen molar-refractivity contribution in [1.82, 2.24) is 25.0 Å². The molecule has 22 heavy (non-hydrogen) atoms. The quantitative estimate of drug-likeness (QED) is 0.901. The van der Waals surface area contributed by atoms with Gasteiger partial charge in [0.15, 0.2) is 11.6 Å². The van der Waals surface area contributed by atoms with Gasteiger partial charge in [0.2, 0.25) is 0 Å². The molecule has 0 saturated carbocycles. The third-order valence-electron chi connectivity index (χ3n) is 4.06. The minimum atomic E-state index is 0.505. The first-order valence-electron chi connectivity index (χ1n) is 7.71. The lowest BCUT2D eigenvalue weighted by Crippen LogP contribution is -2.12. The number of aromatic nitrogens is 5. The molecular weight excluding hydrogens is 278 g/mol. The lowest BCUT2D eigenvalue weighted by atomic mass is 10.0. The number of anilines is 1. The highest BCUT2D eigenvalue weighted by Crippen LogP contribution is 2.21. The summed E-state index contributed by atoms with van der Waals surface area (Å²) in [5.41, 5.74) is 2.47. The van der Waals surface area contributed by atoms with Crippen molar-refractivity contribution in [2.24, 2.45) is 0 Å². The Hall–Kier alpha value is -2.49. The number of fused-ring (bicyclic) bond motifs is 1. The van der Waals surface area contributed by atoms with Crippen LogP contribution in [0.2, 0.25) is 0 Å². The number of hydrogen-bond donors (Lipinski definition) is 1. The smallest absolute Gasteiger partial charge is 0.167 e. The van der Waals surface area contributed by atoms with Crippen LogP contribution in [0.3, 0.4) is 0 Å². The fraction of sp³-hybridized carbons (Fsp3) is 0.533. The van der Waals surface area contributed by atoms with Crippen molar-refractivity contribution in [2.45, 2.75) is 52.6 Å². The molecule has 2 aromatic rings. The molecule has 0 aromatic carbocycles. The van der Waals surface area contributed by atoms with Crippen LogP contribution in [0.25, 0.3) is 0 Å². The lowest BCUT2D eigenvalue weighted by Gasteiger charge is -2.11. The highest BCUT2D eigenvalue weighted by Gasteiger charge is 2.18. The zero-order chi connectivity index (χ0) is 15.5. The van der Waals surface area contributed by atoms with Gasteiger partial charge in [0, 0.05) is 13.0 Å². The molecule has 2 aromatic heterocycles. The summed E-state index contributed by atoms with van der Waals surface area (Å²) in [5, 5.41) is 29.5. The summed E-state index contributed by atoms with van der Waals surface area (Å²) < 4.78 is 2.13. The van der Waals surface area contributed by atoms with Gasteiger partial charge in [-0.25, -0.2) is 0 Å². The Bertz CT molecular complexity index is 726. The molecule has 0 amide bonds. The Morgan fingerprint density at radius 1 is 1.18 bits per heavy atom. The largest absolute Gasteiger partial charge is 0.360 e. The van der Waals surface area contributed by atoms with Crippen LogP contribution < -0.4 is 5.32 Å². The van der Waals surface area contributed by atoms with E-state index in [0.717, 1.165) is 55.1 Å². The van der Waals surface area contributed by atoms with Gasteiger partial charge < -0.3 is 9.88 Å². The van der Waals surface area contributed by atoms with E-state index < -0.39 is 0 Å². The van der Waals surface area contributed by atoms with E-state index in [2.05, 4.69) is 36.3 Å². The van der Waals surface area contributed by atoms with Gasteiger partial charge >= 0.3 is 0 Å². The molecule has 0 unspecified atom stereocenters. The van der Waals surface area contributed by atoms with Crippen LogP contribution >= 0.6 is 0 Å². The standard InChI is InChI=1S/C15H19N7/c1-3-10-11(8-16)15(21-18-12(10)4-2)17-9-14-20-19-13-6-5-7-22(13)14/h3-7,9H2,1-2H3,(H,17,21). The first-order chi connectivity index (χ1) is 10.8. The molecule has 0 radical (unpaired) electrons. The highest BCUT2D eigenvalue weighted by atomic mass is 15.3. The molecule has 7 nitrogen and oxygen atoms in total. The van der Waals surface area contributed by atoms with Crippen molar-refractivity contribution < 1.29 is 0 Å². The van der Waals surface area contributed by atoms with E-state index in [-0.39, 0.29) is 0 Å². The van der Waals surface area contributed by atoms with E-state index in [1.165, 1.54) is 0 Å². The lowest BCUT2D eigenvalue weighted by molar-refractivity contribution is 0.694. The summed E-state index contributed by atoms with van der Waals surface area (Å²) in [7, 11) is 0. The number of nitriles is 1. The van der Waals surface area contributed by atoms with Gasteiger partial charge in [0.25, 0.3) is 0 Å². The van der Waals surface area contributed by atoms with Crippen LogP contribution in [0.15, 0.2) is 0 Å². The molecule has 0 saturated heterocycles. The van der Waals surface area contributed by atoms with E-state index >= 15 is 0 Å². The molecule has 0 aliphatic carbocycles. The van der Waals surface area contributed by atoms with Gasteiger partial charge in [0.1, 0.15) is 17.5 Å². The zero-order valence-electron chi connectivity index (χ0n) is 12.9. The van der Waals surface area contributed by atoms with Crippen LogP contribution in [0.1, 0.15) is 48.7 Å². The summed E-state index contributed by atoms with van der Waals surface area (Å²) in [6.45, 7) is 5.53. The van der Waals surface area contributed by atoms with Gasteiger partial charge in [-0.3, -0.25) is 0 Å². The van der Waals surface area contributed by atoms with Crippen LogP contribution in [0.5, 0.6) is 0 Å². The fourth-order valence-corrected chi connectivity index (χ4v) is 2.92. The molecule has 0 spiro atoms. The predicted octanol–water partition coefficient (Wildman–Crippen LogP) is 1.62. The molecule has 3 rings (SSSR count). The molecular formula is C15H19N7. The molecule has 7 heteroatoms. The van der Waals surface area contributed by atoms with Gasteiger partial charge in [0.05, 0.1) is 12.2 Å². The fourth-order valence-electron chi connectivity index (χ4n) is 2.92. The summed E-state index contributed by atoms with van der Waals surface area (Å²) in [6, 6.07) is 2.26. The Balaban J connectivity index is 1.85. The van der Waals surface area contributed by atoms with Crippen molar-refractivity contribution in [3.8, 4) is 6.07 Å². The van der Waals surface area contributed by atoms with Gasteiger partial charge in [-0.2, -0.15) is 10.4 Å². The van der Waals surface area contributed by atoms with Crippen molar-refractivity contribution >= 4 is 5.82 Å². The number of hydrogen-bond acceptors (Lipinski definition) is 6. The SMILES string of the molecule is CCc1nnc(NCc2nnc3n2CCC3)c(C#N)c1CC. The van der Waals surface area contributed by atoms with Crippen LogP contribution in [-0.2, 0) is 32.4 Å². The Kier molecular flexibility index (Phi) is 4.00. The summed E-state index contributed by atoms with van der Waals surface area (Å²) in [6.07, 6.45) is 3.66. The molecule has 1 N–H and O–H groups in total. The van der Waals surface area contributed by atoms with Crippen LogP contribution in [0, 0.1) is 11.3 Å². The maximum Gasteiger partial charge on any atom is 0.167 e. The molecule has 1 aliphatic heterocycles. The van der Waals surface area contributed by atoms with E-state index in [9.17, 15) is 5.26 Å². The van der Waals surface area contributed by atoms with Gasteiger partial charge in [-0.1, -0.05) is 13.8 Å². The van der Waals surface area contributed by atoms with Crippen molar-refractivity contribution in [3.05, 3.63) is 28.5 Å². The molecule has 0 atom stereocenters. The monoisotopic (exact) mass is 297 g/mol. The van der Waals surface area contributed by atoms with Gasteiger partial charge in [-0.15, -0.1) is 15.3 Å². The molecule has 1 aliphatic rings. The second-order valence-corrected chi connectivity index (χ2v) is 5.31. The number of aryl methyl sites for hydroxylation is 2. The maximum absolute atomic E-state index is 9.47. The number of nitrogens with zero attached hydrogens (tertiary/aromatic N) is 6. The van der Waals surface area contributed by atoms with Crippen molar-refractivity contribution in [2.75, 3.05) is 5.32 Å². The second-order valence-electron chi connectivity index (χ2n) is 5.31. The molecule has 3 heterocycles. The third kappa shape index (κ3) is 2.41. The predicted molar refractivity (Wildman–Crippen MR) is 81.2 cm³/mol. The molecule has 0 fully saturated rings. The zero-order valence-corrected chi connectivity index (χ0v) is 12.9. The van der Waals surface area contributed by atoms with Crippen LogP contribution in [0.4, 0.5) is 5.82 Å². The Morgan fingerprint density at radius 3 is 2.77 bits per heavy atom. The average molecular weight is 297 g/mol. The normalized spacial score (nSPS) is 13.0. The van der Waals surface area contributed by atoms with E-state index in [4.69, 9.17) is 0 Å². The average Bonchev–Trinajstić information content (AvgIpc) is 3.15. The first kappa shape index (κ1) is 14.4. The van der Waals surface area contributed by atoms with E-state index in [1.807, 2.05) is 13.8 Å². The summed E-state index contributed by atoms with van der Waals surface area (Å²) >= 11 is 0. The molecule has 114 valence electrons. The topological polar surface area (TPSA) is 92.3 Å².